The van der Waals surface area contributed by atoms with Gasteiger partial charge in [0.2, 0.25) is 0 Å². The van der Waals surface area contributed by atoms with Gasteiger partial charge in [0.25, 0.3) is 0 Å². The standard InChI is InChI=1S/C10H9BrO4/c1-13-9-6(5-12)4-7-10(8(9)11)15-3-2-14-7/h4-5H,2-3H2,1H3. The van der Waals surface area contributed by atoms with Crippen molar-refractivity contribution in [2.75, 3.05) is 20.3 Å². The zero-order valence-corrected chi connectivity index (χ0v) is 9.67. The molecule has 1 aromatic carbocycles. The molecule has 0 radical (unpaired) electrons. The van der Waals surface area contributed by atoms with E-state index in [0.717, 1.165) is 6.29 Å². The van der Waals surface area contributed by atoms with Crippen LogP contribution in [0.5, 0.6) is 17.2 Å². The lowest BCUT2D eigenvalue weighted by atomic mass is 10.2. The lowest BCUT2D eigenvalue weighted by molar-refractivity contribution is 0.111. The first-order valence-corrected chi connectivity index (χ1v) is 5.18. The van der Waals surface area contributed by atoms with E-state index < -0.39 is 0 Å². The van der Waals surface area contributed by atoms with Crippen LogP contribution in [0.2, 0.25) is 0 Å². The van der Waals surface area contributed by atoms with Gasteiger partial charge in [0.05, 0.1) is 12.7 Å². The van der Waals surface area contributed by atoms with Crippen LogP contribution in [-0.4, -0.2) is 26.6 Å². The number of aldehydes is 1. The number of hydrogen-bond acceptors (Lipinski definition) is 4. The summed E-state index contributed by atoms with van der Waals surface area (Å²) in [5, 5.41) is 0. The average molecular weight is 273 g/mol. The maximum atomic E-state index is 10.8. The smallest absolute Gasteiger partial charge is 0.179 e. The van der Waals surface area contributed by atoms with Crippen LogP contribution < -0.4 is 14.2 Å². The quantitative estimate of drug-likeness (QED) is 0.773. The first-order valence-electron chi connectivity index (χ1n) is 4.39. The Labute approximate surface area is 95.3 Å². The molecular formula is C10H9BrO4. The van der Waals surface area contributed by atoms with Gasteiger partial charge in [-0.25, -0.2) is 0 Å². The molecule has 0 bridgehead atoms. The fraction of sp³-hybridized carbons (Fsp3) is 0.300. The molecule has 0 saturated heterocycles. The van der Waals surface area contributed by atoms with Crippen LogP contribution in [0.25, 0.3) is 0 Å². The van der Waals surface area contributed by atoms with E-state index in [1.807, 2.05) is 0 Å². The van der Waals surface area contributed by atoms with Gasteiger partial charge < -0.3 is 14.2 Å². The third-order valence-electron chi connectivity index (χ3n) is 2.09. The van der Waals surface area contributed by atoms with E-state index in [4.69, 9.17) is 14.2 Å². The minimum Gasteiger partial charge on any atom is -0.495 e. The summed E-state index contributed by atoms with van der Waals surface area (Å²) in [6.07, 6.45) is 0.724. The van der Waals surface area contributed by atoms with Gasteiger partial charge in [0.1, 0.15) is 23.4 Å². The van der Waals surface area contributed by atoms with Crippen molar-refractivity contribution in [2.24, 2.45) is 0 Å². The van der Waals surface area contributed by atoms with Crippen molar-refractivity contribution in [1.82, 2.24) is 0 Å². The predicted octanol–water partition coefficient (Wildman–Crippen LogP) is 2.04. The number of rotatable bonds is 2. The third-order valence-corrected chi connectivity index (χ3v) is 2.81. The van der Waals surface area contributed by atoms with E-state index in [9.17, 15) is 4.79 Å². The molecule has 0 saturated carbocycles. The number of halogens is 1. The zero-order valence-electron chi connectivity index (χ0n) is 8.08. The Hall–Kier alpha value is -1.23. The summed E-state index contributed by atoms with van der Waals surface area (Å²) in [4.78, 5) is 10.8. The Balaban J connectivity index is 2.61. The molecule has 0 N–H and O–H groups in total. The third kappa shape index (κ3) is 1.67. The molecule has 5 heteroatoms. The second-order valence-electron chi connectivity index (χ2n) is 2.96. The number of benzene rings is 1. The Morgan fingerprint density at radius 3 is 2.87 bits per heavy atom. The van der Waals surface area contributed by atoms with Gasteiger partial charge in [-0.2, -0.15) is 0 Å². The van der Waals surface area contributed by atoms with Gasteiger partial charge in [-0.05, 0) is 22.0 Å². The number of hydrogen-bond donors (Lipinski definition) is 0. The van der Waals surface area contributed by atoms with Crippen molar-refractivity contribution < 1.29 is 19.0 Å². The molecule has 0 unspecified atom stereocenters. The van der Waals surface area contributed by atoms with Crippen LogP contribution in [0.3, 0.4) is 0 Å². The van der Waals surface area contributed by atoms with Gasteiger partial charge in [-0.1, -0.05) is 0 Å². The second-order valence-corrected chi connectivity index (χ2v) is 3.75. The summed E-state index contributed by atoms with van der Waals surface area (Å²) in [7, 11) is 1.50. The van der Waals surface area contributed by atoms with E-state index in [1.54, 1.807) is 6.07 Å². The van der Waals surface area contributed by atoms with Gasteiger partial charge in [-0.15, -0.1) is 0 Å². The molecule has 0 aliphatic carbocycles. The van der Waals surface area contributed by atoms with Crippen molar-refractivity contribution in [3.63, 3.8) is 0 Å². The number of methoxy groups -OCH3 is 1. The van der Waals surface area contributed by atoms with Gasteiger partial charge in [0.15, 0.2) is 17.8 Å². The van der Waals surface area contributed by atoms with E-state index in [0.29, 0.717) is 40.5 Å². The van der Waals surface area contributed by atoms with Crippen LogP contribution in [0.1, 0.15) is 10.4 Å². The van der Waals surface area contributed by atoms with E-state index in [-0.39, 0.29) is 0 Å². The van der Waals surface area contributed by atoms with Crippen LogP contribution in [0.4, 0.5) is 0 Å². The van der Waals surface area contributed by atoms with E-state index in [1.165, 1.54) is 7.11 Å². The Bertz CT molecular complexity index is 403. The normalized spacial score (nSPS) is 13.5. The fourth-order valence-corrected chi connectivity index (χ4v) is 2.14. The molecule has 1 aliphatic rings. The predicted molar refractivity (Wildman–Crippen MR) is 57.1 cm³/mol. The minimum atomic E-state index is 0.439. The lowest BCUT2D eigenvalue weighted by Gasteiger charge is -2.21. The molecule has 0 aromatic heterocycles. The molecule has 80 valence electrons. The number of carbonyl (C=O) groups is 1. The number of fused-ring (bicyclic) bond motifs is 1. The fourth-order valence-electron chi connectivity index (χ4n) is 1.44. The number of ether oxygens (including phenoxy) is 3. The first kappa shape index (κ1) is 10.3. The van der Waals surface area contributed by atoms with Crippen molar-refractivity contribution in [1.29, 1.82) is 0 Å². The molecule has 0 amide bonds. The molecule has 1 aromatic rings. The van der Waals surface area contributed by atoms with Gasteiger partial charge in [-0.3, -0.25) is 4.79 Å². The summed E-state index contributed by atoms with van der Waals surface area (Å²) in [5.74, 6) is 1.62. The first-order chi connectivity index (χ1) is 7.27. The maximum absolute atomic E-state index is 10.8. The van der Waals surface area contributed by atoms with Crippen LogP contribution in [0, 0.1) is 0 Å². The monoisotopic (exact) mass is 272 g/mol. The molecule has 15 heavy (non-hydrogen) atoms. The maximum Gasteiger partial charge on any atom is 0.179 e. The van der Waals surface area contributed by atoms with E-state index >= 15 is 0 Å². The van der Waals surface area contributed by atoms with Crippen molar-refractivity contribution in [2.45, 2.75) is 0 Å². The molecule has 1 aliphatic heterocycles. The van der Waals surface area contributed by atoms with Crippen LogP contribution in [-0.2, 0) is 0 Å². The topological polar surface area (TPSA) is 44.8 Å². The molecule has 0 fully saturated rings. The number of carbonyl (C=O) groups excluding carboxylic acids is 1. The summed E-state index contributed by atoms with van der Waals surface area (Å²) in [6, 6.07) is 1.62. The average Bonchev–Trinajstić information content (AvgIpc) is 2.29. The van der Waals surface area contributed by atoms with Gasteiger partial charge >= 0.3 is 0 Å². The molecule has 0 atom stereocenters. The summed E-state index contributed by atoms with van der Waals surface area (Å²) < 4.78 is 16.5. The highest BCUT2D eigenvalue weighted by molar-refractivity contribution is 9.10. The highest BCUT2D eigenvalue weighted by Gasteiger charge is 2.21. The molecule has 0 spiro atoms. The molecule has 1 heterocycles. The summed E-state index contributed by atoms with van der Waals surface area (Å²) in [6.45, 7) is 0.985. The Morgan fingerprint density at radius 2 is 2.20 bits per heavy atom. The molecular weight excluding hydrogens is 264 g/mol. The summed E-state index contributed by atoms with van der Waals surface area (Å²) in [5.41, 5.74) is 0.439. The summed E-state index contributed by atoms with van der Waals surface area (Å²) >= 11 is 3.33. The largest absolute Gasteiger partial charge is 0.495 e. The van der Waals surface area contributed by atoms with Gasteiger partial charge in [0, 0.05) is 0 Å². The highest BCUT2D eigenvalue weighted by atomic mass is 79.9. The lowest BCUT2D eigenvalue weighted by Crippen LogP contribution is -2.16. The van der Waals surface area contributed by atoms with Crippen LogP contribution >= 0.6 is 15.9 Å². The van der Waals surface area contributed by atoms with Crippen molar-refractivity contribution in [3.05, 3.63) is 16.1 Å². The van der Waals surface area contributed by atoms with Crippen molar-refractivity contribution in [3.8, 4) is 17.2 Å². The molecule has 4 nitrogen and oxygen atoms in total. The zero-order chi connectivity index (χ0) is 10.8. The van der Waals surface area contributed by atoms with Crippen molar-refractivity contribution >= 4 is 22.2 Å². The van der Waals surface area contributed by atoms with Crippen LogP contribution in [0.15, 0.2) is 10.5 Å². The molecule has 2 rings (SSSR count). The highest BCUT2D eigenvalue weighted by Crippen LogP contribution is 2.44. The minimum absolute atomic E-state index is 0.439. The Morgan fingerprint density at radius 1 is 1.47 bits per heavy atom. The Kier molecular flexibility index (Phi) is 2.81. The second kappa shape index (κ2) is 4.10. The van der Waals surface area contributed by atoms with E-state index in [2.05, 4.69) is 15.9 Å². The SMILES string of the molecule is COc1c(C=O)cc2c(c1Br)OCCO2.